The third-order valence-electron chi connectivity index (χ3n) is 5.15. The summed E-state index contributed by atoms with van der Waals surface area (Å²) in [5, 5.41) is 2.80. The molecule has 0 aliphatic heterocycles. The number of fused-ring (bicyclic) bond motifs is 1. The van der Waals surface area contributed by atoms with E-state index in [-0.39, 0.29) is 31.8 Å². The first kappa shape index (κ1) is 21.8. The van der Waals surface area contributed by atoms with Gasteiger partial charge in [-0.3, -0.25) is 13.9 Å². The fraction of sp³-hybridized carbons (Fsp3) is 0.0909. The largest absolute Gasteiger partial charge is 0.328 e. The molecule has 0 aliphatic rings. The molecule has 0 radical (unpaired) electrons. The van der Waals surface area contributed by atoms with Gasteiger partial charge >= 0.3 is 5.69 Å². The molecule has 10 heteroatoms. The molecular formula is C22H17ClFN3O4S. The van der Waals surface area contributed by atoms with E-state index in [1.165, 1.54) is 40.4 Å². The van der Waals surface area contributed by atoms with Crippen LogP contribution in [0.2, 0.25) is 5.02 Å². The van der Waals surface area contributed by atoms with Gasteiger partial charge in [-0.2, -0.15) is 0 Å². The van der Waals surface area contributed by atoms with Crippen molar-refractivity contribution in [3.63, 3.8) is 0 Å². The standard InChI is InChI=1S/C22H17ClFN3O4S/c1-26-18-11-17(25-21(28)15-5-3-4-6-16(15)23)20(12-19(18)27(2)22(26)29)32(30,31)14-9-7-13(24)8-10-14/h3-12H,1-2H3,(H,25,28). The van der Waals surface area contributed by atoms with Crippen molar-refractivity contribution in [1.82, 2.24) is 9.13 Å². The van der Waals surface area contributed by atoms with E-state index in [1.54, 1.807) is 19.2 Å². The van der Waals surface area contributed by atoms with E-state index in [0.29, 0.717) is 11.0 Å². The smallest absolute Gasteiger partial charge is 0.321 e. The molecule has 1 N–H and O–H groups in total. The number of imidazole rings is 1. The minimum Gasteiger partial charge on any atom is -0.321 e. The van der Waals surface area contributed by atoms with E-state index >= 15 is 0 Å². The highest BCUT2D eigenvalue weighted by molar-refractivity contribution is 7.91. The number of amides is 1. The number of carbonyl (C=O) groups excluding carboxylic acids is 1. The molecule has 0 aliphatic carbocycles. The fourth-order valence-electron chi connectivity index (χ4n) is 3.42. The number of benzene rings is 3. The quantitative estimate of drug-likeness (QED) is 0.457. The summed E-state index contributed by atoms with van der Waals surface area (Å²) < 4.78 is 42.8. The molecule has 164 valence electrons. The van der Waals surface area contributed by atoms with Crippen LogP contribution in [0.25, 0.3) is 11.0 Å². The van der Waals surface area contributed by atoms with Crippen LogP contribution in [0.5, 0.6) is 0 Å². The van der Waals surface area contributed by atoms with Gasteiger partial charge in [0.2, 0.25) is 9.84 Å². The van der Waals surface area contributed by atoms with Crippen LogP contribution in [0.4, 0.5) is 10.1 Å². The average Bonchev–Trinajstić information content (AvgIpc) is 2.97. The second-order valence-electron chi connectivity index (χ2n) is 7.13. The van der Waals surface area contributed by atoms with E-state index in [9.17, 15) is 22.4 Å². The summed E-state index contributed by atoms with van der Waals surface area (Å²) in [6.45, 7) is 0. The summed E-state index contributed by atoms with van der Waals surface area (Å²) >= 11 is 6.11. The molecule has 32 heavy (non-hydrogen) atoms. The van der Waals surface area contributed by atoms with Crippen LogP contribution < -0.4 is 11.0 Å². The zero-order valence-electron chi connectivity index (χ0n) is 17.0. The molecule has 0 bridgehead atoms. The van der Waals surface area contributed by atoms with Crippen molar-refractivity contribution in [1.29, 1.82) is 0 Å². The second kappa shape index (κ2) is 7.92. The number of nitrogens with one attached hydrogen (secondary N) is 1. The van der Waals surface area contributed by atoms with Gasteiger partial charge in [-0.25, -0.2) is 17.6 Å². The van der Waals surface area contributed by atoms with E-state index < -0.39 is 21.6 Å². The Bertz CT molecular complexity index is 1540. The Hall–Kier alpha value is -3.43. The molecule has 0 atom stereocenters. The number of carbonyl (C=O) groups is 1. The Morgan fingerprint density at radius 1 is 0.969 bits per heavy atom. The summed E-state index contributed by atoms with van der Waals surface area (Å²) in [7, 11) is -1.12. The highest BCUT2D eigenvalue weighted by atomic mass is 35.5. The Morgan fingerprint density at radius 2 is 1.56 bits per heavy atom. The summed E-state index contributed by atoms with van der Waals surface area (Å²) in [5.74, 6) is -1.21. The zero-order valence-corrected chi connectivity index (χ0v) is 18.5. The van der Waals surface area contributed by atoms with Crippen molar-refractivity contribution in [2.75, 3.05) is 5.32 Å². The molecule has 1 amide bonds. The third kappa shape index (κ3) is 3.59. The van der Waals surface area contributed by atoms with Crippen molar-refractivity contribution in [2.24, 2.45) is 14.1 Å². The minimum atomic E-state index is -4.18. The molecular weight excluding hydrogens is 457 g/mol. The molecule has 0 unspecified atom stereocenters. The third-order valence-corrected chi connectivity index (χ3v) is 7.29. The molecule has 7 nitrogen and oxygen atoms in total. The van der Waals surface area contributed by atoms with Gasteiger partial charge < -0.3 is 5.32 Å². The lowest BCUT2D eigenvalue weighted by molar-refractivity contribution is 0.102. The zero-order chi connectivity index (χ0) is 23.2. The van der Waals surface area contributed by atoms with Crippen LogP contribution in [0, 0.1) is 5.82 Å². The monoisotopic (exact) mass is 473 g/mol. The van der Waals surface area contributed by atoms with Crippen molar-refractivity contribution >= 4 is 44.1 Å². The number of hydrogen-bond donors (Lipinski definition) is 1. The summed E-state index contributed by atoms with van der Waals surface area (Å²) in [6, 6.07) is 13.4. The topological polar surface area (TPSA) is 90.2 Å². The van der Waals surface area contributed by atoms with Crippen LogP contribution in [0.1, 0.15) is 10.4 Å². The lowest BCUT2D eigenvalue weighted by Gasteiger charge is -2.14. The normalized spacial score (nSPS) is 11.6. The molecule has 3 aromatic carbocycles. The Morgan fingerprint density at radius 3 is 2.19 bits per heavy atom. The van der Waals surface area contributed by atoms with Crippen LogP contribution in [0.3, 0.4) is 0 Å². The maximum absolute atomic E-state index is 13.4. The lowest BCUT2D eigenvalue weighted by Crippen LogP contribution is -2.19. The Balaban J connectivity index is 1.95. The van der Waals surface area contributed by atoms with Crippen LogP contribution in [-0.4, -0.2) is 23.5 Å². The highest BCUT2D eigenvalue weighted by Gasteiger charge is 2.26. The molecule has 4 aromatic rings. The molecule has 1 heterocycles. The maximum atomic E-state index is 13.4. The van der Waals surface area contributed by atoms with Crippen molar-refractivity contribution in [3.8, 4) is 0 Å². The van der Waals surface area contributed by atoms with E-state index in [1.807, 2.05) is 0 Å². The molecule has 0 saturated carbocycles. The molecule has 1 aromatic heterocycles. The number of rotatable bonds is 4. The SMILES string of the molecule is Cn1c(=O)n(C)c2cc(S(=O)(=O)c3ccc(F)cc3)c(NC(=O)c3ccccc3Cl)cc21. The Labute approximate surface area is 187 Å². The number of sulfone groups is 1. The van der Waals surface area contributed by atoms with Crippen molar-refractivity contribution in [2.45, 2.75) is 9.79 Å². The van der Waals surface area contributed by atoms with Gasteiger partial charge in [-0.1, -0.05) is 23.7 Å². The number of aryl methyl sites for hydroxylation is 2. The van der Waals surface area contributed by atoms with Crippen LogP contribution in [-0.2, 0) is 23.9 Å². The van der Waals surface area contributed by atoms with Gasteiger partial charge in [0.15, 0.2) is 0 Å². The maximum Gasteiger partial charge on any atom is 0.328 e. The van der Waals surface area contributed by atoms with Gasteiger partial charge in [0.25, 0.3) is 5.91 Å². The first-order valence-electron chi connectivity index (χ1n) is 9.37. The molecule has 0 spiro atoms. The predicted octanol–water partition coefficient (Wildman–Crippen LogP) is 3.75. The van der Waals surface area contributed by atoms with Gasteiger partial charge in [-0.05, 0) is 48.5 Å². The van der Waals surface area contributed by atoms with E-state index in [0.717, 1.165) is 24.3 Å². The average molecular weight is 474 g/mol. The molecule has 0 fully saturated rings. The summed E-state index contributed by atoms with van der Waals surface area (Å²) in [6.07, 6.45) is 0. The number of anilines is 1. The number of aromatic nitrogens is 2. The molecule has 0 saturated heterocycles. The number of hydrogen-bond acceptors (Lipinski definition) is 4. The van der Waals surface area contributed by atoms with Crippen LogP contribution in [0.15, 0.2) is 75.2 Å². The minimum absolute atomic E-state index is 0.0343. The van der Waals surface area contributed by atoms with Crippen molar-refractivity contribution in [3.05, 3.63) is 87.6 Å². The van der Waals surface area contributed by atoms with Gasteiger partial charge in [-0.15, -0.1) is 0 Å². The first-order valence-corrected chi connectivity index (χ1v) is 11.2. The van der Waals surface area contributed by atoms with Crippen LogP contribution >= 0.6 is 11.6 Å². The summed E-state index contributed by atoms with van der Waals surface area (Å²) in [4.78, 5) is 24.9. The van der Waals surface area contributed by atoms with E-state index in [4.69, 9.17) is 11.6 Å². The Kier molecular flexibility index (Phi) is 5.39. The molecule has 4 rings (SSSR count). The lowest BCUT2D eigenvalue weighted by atomic mass is 10.2. The summed E-state index contributed by atoms with van der Waals surface area (Å²) in [5.41, 5.74) is 0.535. The highest BCUT2D eigenvalue weighted by Crippen LogP contribution is 2.32. The first-order chi connectivity index (χ1) is 15.1. The van der Waals surface area contributed by atoms with Gasteiger partial charge in [0.1, 0.15) is 5.82 Å². The van der Waals surface area contributed by atoms with Crippen molar-refractivity contribution < 1.29 is 17.6 Å². The number of halogens is 2. The second-order valence-corrected chi connectivity index (χ2v) is 9.45. The number of nitrogens with zero attached hydrogens (tertiary/aromatic N) is 2. The predicted molar refractivity (Wildman–Crippen MR) is 119 cm³/mol. The fourth-order valence-corrected chi connectivity index (χ4v) is 5.06. The van der Waals surface area contributed by atoms with Gasteiger partial charge in [0, 0.05) is 14.1 Å². The van der Waals surface area contributed by atoms with E-state index in [2.05, 4.69) is 5.32 Å². The van der Waals surface area contributed by atoms with Gasteiger partial charge in [0.05, 0.1) is 37.1 Å².